The Morgan fingerprint density at radius 2 is 1.68 bits per heavy atom. The summed E-state index contributed by atoms with van der Waals surface area (Å²) in [7, 11) is -3.48. The third kappa shape index (κ3) is 6.27. The van der Waals surface area contributed by atoms with Crippen LogP contribution in [0.2, 0.25) is 0 Å². The smallest absolute Gasteiger partial charge is 0.229 e. The van der Waals surface area contributed by atoms with Gasteiger partial charge in [0.2, 0.25) is 5.95 Å². The summed E-state index contributed by atoms with van der Waals surface area (Å²) in [6, 6.07) is 11.2. The zero-order valence-electron chi connectivity index (χ0n) is 23.1. The molecule has 1 aliphatic heterocycles. The van der Waals surface area contributed by atoms with E-state index in [1.165, 1.54) is 11.1 Å². The Hall–Kier alpha value is -3.17. The first kappa shape index (κ1) is 27.9. The molecule has 38 heavy (non-hydrogen) atoms. The maximum Gasteiger partial charge on any atom is 0.229 e. The average Bonchev–Trinajstić information content (AvgIpc) is 2.88. The van der Waals surface area contributed by atoms with Gasteiger partial charge in [0.05, 0.1) is 27.6 Å². The lowest BCUT2D eigenvalue weighted by atomic mass is 9.87. The van der Waals surface area contributed by atoms with E-state index in [4.69, 9.17) is 9.72 Å². The summed E-state index contributed by atoms with van der Waals surface area (Å²) < 4.78 is 32.1. The Labute approximate surface area is 226 Å². The maximum atomic E-state index is 12.9. The molecule has 2 aromatic carbocycles. The Morgan fingerprint density at radius 3 is 2.37 bits per heavy atom. The molecule has 0 amide bonds. The van der Waals surface area contributed by atoms with Crippen molar-refractivity contribution in [2.75, 3.05) is 23.7 Å². The predicted molar refractivity (Wildman–Crippen MR) is 154 cm³/mol. The van der Waals surface area contributed by atoms with E-state index < -0.39 is 15.1 Å². The van der Waals surface area contributed by atoms with Crippen LogP contribution in [0.4, 0.5) is 23.1 Å². The molecule has 0 radical (unpaired) electrons. The van der Waals surface area contributed by atoms with E-state index in [-0.39, 0.29) is 11.0 Å². The number of rotatable bonds is 9. The number of hydrogen-bond donors (Lipinski definition) is 3. The second kappa shape index (κ2) is 11.7. The number of sulfone groups is 1. The quantitative estimate of drug-likeness (QED) is 0.304. The molecule has 3 aromatic rings. The van der Waals surface area contributed by atoms with E-state index in [1.807, 2.05) is 20.8 Å². The van der Waals surface area contributed by atoms with Gasteiger partial charge in [-0.2, -0.15) is 4.98 Å². The van der Waals surface area contributed by atoms with Gasteiger partial charge in [0, 0.05) is 11.8 Å². The molecule has 3 N–H and O–H groups in total. The normalized spacial score (nSPS) is 14.6. The van der Waals surface area contributed by atoms with Crippen LogP contribution in [0, 0.1) is 13.8 Å². The summed E-state index contributed by atoms with van der Waals surface area (Å²) in [4.78, 5) is 9.44. The number of aromatic nitrogens is 2. The second-order valence-corrected chi connectivity index (χ2v) is 12.9. The highest BCUT2D eigenvalue weighted by atomic mass is 32.2. The highest BCUT2D eigenvalue weighted by Gasteiger charge is 2.23. The zero-order chi connectivity index (χ0) is 27.4. The van der Waals surface area contributed by atoms with Gasteiger partial charge >= 0.3 is 0 Å². The molecule has 2 heterocycles. The van der Waals surface area contributed by atoms with Gasteiger partial charge in [0.25, 0.3) is 0 Å². The van der Waals surface area contributed by atoms with Gasteiger partial charge in [0.1, 0.15) is 11.6 Å². The lowest BCUT2D eigenvalue weighted by Crippen LogP contribution is -2.27. The number of aryl methyl sites for hydroxylation is 2. The minimum absolute atomic E-state index is 0.00898. The predicted octanol–water partition coefficient (Wildman–Crippen LogP) is 6.02. The largest absolute Gasteiger partial charge is 0.489 e. The summed E-state index contributed by atoms with van der Waals surface area (Å²) >= 11 is 0. The van der Waals surface area contributed by atoms with Crippen molar-refractivity contribution in [3.63, 3.8) is 0 Å². The van der Waals surface area contributed by atoms with Gasteiger partial charge in [0.15, 0.2) is 9.84 Å². The zero-order valence-corrected chi connectivity index (χ0v) is 23.9. The van der Waals surface area contributed by atoms with E-state index in [0.29, 0.717) is 23.4 Å². The summed E-state index contributed by atoms with van der Waals surface area (Å²) in [5, 5.41) is 9.48. The second-order valence-electron chi connectivity index (χ2n) is 10.5. The summed E-state index contributed by atoms with van der Waals surface area (Å²) in [5.74, 6) is 2.20. The molecule has 1 fully saturated rings. The average molecular weight is 538 g/mol. The van der Waals surface area contributed by atoms with Gasteiger partial charge in [-0.1, -0.05) is 12.1 Å². The van der Waals surface area contributed by atoms with Crippen LogP contribution in [0.3, 0.4) is 0 Å². The fraction of sp³-hybridized carbons (Fsp3) is 0.448. The standard InChI is InChI=1S/C29H39N5O3S/c1-18(2)37-26-16-23(22-11-13-30-14-12-22)20(5)15-25(26)33-29-31-17-21(6)28(34-29)32-24-9-7-8-10-27(24)38(35,36)19(3)4/h7-10,15-19,22,30H,11-14H2,1-6H3,(H2,31,32,33,34). The molecule has 204 valence electrons. The molecular weight excluding hydrogens is 498 g/mol. The van der Waals surface area contributed by atoms with Crippen LogP contribution in [0.15, 0.2) is 47.5 Å². The number of ether oxygens (including phenoxy) is 1. The summed E-state index contributed by atoms with van der Waals surface area (Å²) in [6.07, 6.45) is 3.95. The molecule has 0 unspecified atom stereocenters. The van der Waals surface area contributed by atoms with Crippen LogP contribution in [-0.4, -0.2) is 42.8 Å². The number of benzene rings is 2. The molecule has 8 nitrogen and oxygen atoms in total. The maximum absolute atomic E-state index is 12.9. The molecule has 0 aliphatic carbocycles. The Bertz CT molecular complexity index is 1380. The lowest BCUT2D eigenvalue weighted by Gasteiger charge is -2.26. The van der Waals surface area contributed by atoms with E-state index in [1.54, 1.807) is 44.3 Å². The molecule has 0 saturated carbocycles. The van der Waals surface area contributed by atoms with Crippen molar-refractivity contribution < 1.29 is 13.2 Å². The number of para-hydroxylation sites is 1. The molecular formula is C29H39N5O3S. The third-order valence-corrected chi connectivity index (χ3v) is 9.01. The molecule has 1 aliphatic rings. The number of nitrogens with one attached hydrogen (secondary N) is 3. The molecule has 1 saturated heterocycles. The van der Waals surface area contributed by atoms with E-state index in [9.17, 15) is 8.42 Å². The van der Waals surface area contributed by atoms with Crippen LogP contribution in [0.25, 0.3) is 0 Å². The van der Waals surface area contributed by atoms with E-state index >= 15 is 0 Å². The minimum atomic E-state index is -3.48. The van der Waals surface area contributed by atoms with Crippen molar-refractivity contribution in [2.24, 2.45) is 0 Å². The number of hydrogen-bond acceptors (Lipinski definition) is 8. The van der Waals surface area contributed by atoms with Crippen LogP contribution in [-0.2, 0) is 9.84 Å². The highest BCUT2D eigenvalue weighted by Crippen LogP contribution is 2.37. The lowest BCUT2D eigenvalue weighted by molar-refractivity contribution is 0.243. The van der Waals surface area contributed by atoms with Crippen molar-refractivity contribution in [1.82, 2.24) is 15.3 Å². The first-order valence-electron chi connectivity index (χ1n) is 13.3. The van der Waals surface area contributed by atoms with Crippen LogP contribution >= 0.6 is 0 Å². The SMILES string of the molecule is Cc1cc(Nc2ncc(C)c(Nc3ccccc3S(=O)(=O)C(C)C)n2)c(OC(C)C)cc1C1CCNCC1. The monoisotopic (exact) mass is 537 g/mol. The highest BCUT2D eigenvalue weighted by molar-refractivity contribution is 7.92. The number of nitrogens with zero attached hydrogens (tertiary/aromatic N) is 2. The topological polar surface area (TPSA) is 105 Å². The molecule has 0 atom stereocenters. The van der Waals surface area contributed by atoms with Crippen molar-refractivity contribution in [3.8, 4) is 5.75 Å². The molecule has 0 bridgehead atoms. The van der Waals surface area contributed by atoms with E-state index in [0.717, 1.165) is 42.9 Å². The Morgan fingerprint density at radius 1 is 0.974 bits per heavy atom. The van der Waals surface area contributed by atoms with Crippen molar-refractivity contribution >= 4 is 33.0 Å². The first-order chi connectivity index (χ1) is 18.1. The fourth-order valence-corrected chi connectivity index (χ4v) is 5.88. The van der Waals surface area contributed by atoms with Crippen LogP contribution in [0.1, 0.15) is 63.1 Å². The fourth-order valence-electron chi connectivity index (χ4n) is 4.67. The van der Waals surface area contributed by atoms with Crippen LogP contribution < -0.4 is 20.7 Å². The number of piperidine rings is 1. The Balaban J connectivity index is 1.66. The van der Waals surface area contributed by atoms with Gasteiger partial charge < -0.3 is 20.7 Å². The van der Waals surface area contributed by atoms with Gasteiger partial charge in [-0.3, -0.25) is 0 Å². The van der Waals surface area contributed by atoms with E-state index in [2.05, 4.69) is 40.0 Å². The van der Waals surface area contributed by atoms with Gasteiger partial charge in [-0.15, -0.1) is 0 Å². The molecule has 9 heteroatoms. The summed E-state index contributed by atoms with van der Waals surface area (Å²) in [5.41, 5.74) is 4.60. The molecule has 0 spiro atoms. The molecule has 4 rings (SSSR count). The first-order valence-corrected chi connectivity index (χ1v) is 14.8. The molecule has 1 aromatic heterocycles. The number of anilines is 4. The van der Waals surface area contributed by atoms with Crippen molar-refractivity contribution in [3.05, 3.63) is 59.3 Å². The minimum Gasteiger partial charge on any atom is -0.489 e. The summed E-state index contributed by atoms with van der Waals surface area (Å²) in [6.45, 7) is 13.5. The van der Waals surface area contributed by atoms with Crippen LogP contribution in [0.5, 0.6) is 5.75 Å². The van der Waals surface area contributed by atoms with Gasteiger partial charge in [-0.25, -0.2) is 13.4 Å². The van der Waals surface area contributed by atoms with Gasteiger partial charge in [-0.05, 0) is 109 Å². The Kier molecular flexibility index (Phi) is 8.57. The van der Waals surface area contributed by atoms with Crippen molar-refractivity contribution in [2.45, 2.75) is 76.6 Å². The van der Waals surface area contributed by atoms with Crippen molar-refractivity contribution in [1.29, 1.82) is 0 Å². The third-order valence-electron chi connectivity index (χ3n) is 6.80.